The molecule has 2 aromatic carbocycles. The van der Waals surface area contributed by atoms with Gasteiger partial charge in [0.1, 0.15) is 5.75 Å². The van der Waals surface area contributed by atoms with Gasteiger partial charge < -0.3 is 10.5 Å². The zero-order chi connectivity index (χ0) is 20.5. The number of aliphatic imine (C=N–C) groups is 1. The predicted octanol–water partition coefficient (Wildman–Crippen LogP) is 1.87. The predicted molar refractivity (Wildman–Crippen MR) is 99.1 cm³/mol. The molecule has 11 heteroatoms. The maximum absolute atomic E-state index is 13.1. The summed E-state index contributed by atoms with van der Waals surface area (Å²) in [6.45, 7) is -2.98. The molecule has 0 spiro atoms. The number of hydrogen-bond donors (Lipinski definition) is 3. The maximum atomic E-state index is 13.1. The molecule has 3 rings (SSSR count). The fourth-order valence-electron chi connectivity index (χ4n) is 2.97. The number of carbonyl (C=O) groups is 1. The Morgan fingerprint density at radius 2 is 1.93 bits per heavy atom. The van der Waals surface area contributed by atoms with Crippen molar-refractivity contribution in [3.05, 3.63) is 59.7 Å². The van der Waals surface area contributed by atoms with E-state index in [0.717, 1.165) is 0 Å². The molecule has 1 aliphatic heterocycles. The van der Waals surface area contributed by atoms with Gasteiger partial charge in [-0.05, 0) is 35.4 Å². The van der Waals surface area contributed by atoms with Gasteiger partial charge in [-0.3, -0.25) is 19.0 Å². The van der Waals surface area contributed by atoms with E-state index < -0.39 is 29.3 Å². The average Bonchev–Trinajstić information content (AvgIpc) is 2.86. The quantitative estimate of drug-likeness (QED) is 0.629. The Balaban J connectivity index is 2.13. The second kappa shape index (κ2) is 7.52. The van der Waals surface area contributed by atoms with Crippen molar-refractivity contribution in [2.24, 2.45) is 10.7 Å². The van der Waals surface area contributed by atoms with Gasteiger partial charge in [-0.1, -0.05) is 24.3 Å². The van der Waals surface area contributed by atoms with Gasteiger partial charge in [-0.25, -0.2) is 9.20 Å². The highest BCUT2D eigenvalue weighted by Gasteiger charge is 2.49. The van der Waals surface area contributed by atoms with Crippen LogP contribution in [-0.2, 0) is 21.6 Å². The van der Waals surface area contributed by atoms with Crippen molar-refractivity contribution in [1.29, 1.82) is 0 Å². The Labute approximate surface area is 161 Å². The summed E-state index contributed by atoms with van der Waals surface area (Å²) in [7, 11) is 1.46. The molecule has 1 heterocycles. The van der Waals surface area contributed by atoms with E-state index in [-0.39, 0.29) is 17.4 Å². The first-order valence-electron chi connectivity index (χ1n) is 7.91. The van der Waals surface area contributed by atoms with E-state index >= 15 is 0 Å². The lowest BCUT2D eigenvalue weighted by Gasteiger charge is -2.26. The smallest absolute Gasteiger partial charge is 0.387 e. The Morgan fingerprint density at radius 3 is 2.46 bits per heavy atom. The molecule has 8 nitrogen and oxygen atoms in total. The minimum atomic E-state index is -2.98. The molecule has 1 amide bonds. The molecule has 28 heavy (non-hydrogen) atoms. The van der Waals surface area contributed by atoms with Crippen molar-refractivity contribution in [3.8, 4) is 5.75 Å². The molecular formula is C17H16F2N4O4S. The van der Waals surface area contributed by atoms with Gasteiger partial charge in [0.05, 0.1) is 0 Å². The highest BCUT2D eigenvalue weighted by molar-refractivity contribution is 7.80. The number of carbonyl (C=O) groups excluding carboxylic acids is 1. The Hall–Kier alpha value is -3.05. The van der Waals surface area contributed by atoms with Crippen molar-refractivity contribution in [2.45, 2.75) is 12.2 Å². The van der Waals surface area contributed by atoms with Crippen LogP contribution in [0.2, 0.25) is 0 Å². The second-order valence-electron chi connectivity index (χ2n) is 5.88. The van der Waals surface area contributed by atoms with E-state index in [2.05, 4.69) is 14.5 Å². The average molecular weight is 410 g/mol. The zero-order valence-electron chi connectivity index (χ0n) is 14.5. The second-order valence-corrected chi connectivity index (χ2v) is 6.58. The number of halogens is 2. The fraction of sp³-hybridized carbons (Fsp3) is 0.176. The van der Waals surface area contributed by atoms with Crippen molar-refractivity contribution in [1.82, 2.24) is 4.90 Å². The first-order valence-corrected chi connectivity index (χ1v) is 9.01. The summed E-state index contributed by atoms with van der Waals surface area (Å²) in [6, 6.07) is 11.7. The number of nitrogens with zero attached hydrogens (tertiary/aromatic N) is 2. The summed E-state index contributed by atoms with van der Waals surface area (Å²) in [6.07, 6.45) is 0. The number of ether oxygens (including phenoxy) is 1. The first-order chi connectivity index (χ1) is 13.2. The molecule has 0 bridgehead atoms. The number of alkyl halides is 2. The lowest BCUT2D eigenvalue weighted by Crippen LogP contribution is -2.41. The van der Waals surface area contributed by atoms with Crippen molar-refractivity contribution >= 4 is 28.8 Å². The third-order valence-electron chi connectivity index (χ3n) is 4.22. The minimum absolute atomic E-state index is 0.0259. The topological polar surface area (TPSA) is 117 Å². The van der Waals surface area contributed by atoms with Crippen molar-refractivity contribution in [3.63, 3.8) is 0 Å². The first kappa shape index (κ1) is 19.7. The molecule has 0 radical (unpaired) electrons. The molecule has 2 aromatic rings. The van der Waals surface area contributed by atoms with Crippen LogP contribution in [0, 0.1) is 0 Å². The molecule has 0 fully saturated rings. The third-order valence-corrected chi connectivity index (χ3v) is 4.63. The van der Waals surface area contributed by atoms with E-state index in [1.54, 1.807) is 18.2 Å². The molecule has 0 aromatic heterocycles. The molecule has 2 atom stereocenters. The number of nitrogens with two attached hydrogens (primary N) is 1. The van der Waals surface area contributed by atoms with Crippen LogP contribution in [0.25, 0.3) is 0 Å². The maximum Gasteiger partial charge on any atom is 0.387 e. The lowest BCUT2D eigenvalue weighted by atomic mass is 9.82. The molecule has 148 valence electrons. The van der Waals surface area contributed by atoms with Crippen LogP contribution >= 0.6 is 0 Å². The van der Waals surface area contributed by atoms with Gasteiger partial charge >= 0.3 is 6.61 Å². The molecule has 2 unspecified atom stereocenters. The van der Waals surface area contributed by atoms with E-state index in [1.807, 2.05) is 0 Å². The number of likely N-dealkylation sites (N-methyl/N-ethyl adjacent to an activating group) is 1. The van der Waals surface area contributed by atoms with Crippen LogP contribution in [0.15, 0.2) is 53.5 Å². The zero-order valence-corrected chi connectivity index (χ0v) is 15.3. The molecule has 0 saturated heterocycles. The summed E-state index contributed by atoms with van der Waals surface area (Å²) >= 11 is -2.31. The summed E-state index contributed by atoms with van der Waals surface area (Å²) < 4.78 is 51.6. The van der Waals surface area contributed by atoms with Crippen LogP contribution in [0.4, 0.5) is 14.5 Å². The van der Waals surface area contributed by atoms with Crippen LogP contribution < -0.4 is 15.2 Å². The highest BCUT2D eigenvalue weighted by atomic mass is 32.2. The van der Waals surface area contributed by atoms with Gasteiger partial charge in [-0.2, -0.15) is 8.78 Å². The van der Waals surface area contributed by atoms with E-state index in [1.165, 1.54) is 42.3 Å². The lowest BCUT2D eigenvalue weighted by molar-refractivity contribution is -0.129. The van der Waals surface area contributed by atoms with Crippen LogP contribution in [0.1, 0.15) is 11.1 Å². The summed E-state index contributed by atoms with van der Waals surface area (Å²) in [5.41, 5.74) is 5.32. The number of rotatable bonds is 6. The fourth-order valence-corrected chi connectivity index (χ4v) is 3.30. The van der Waals surface area contributed by atoms with E-state index in [4.69, 9.17) is 10.3 Å². The van der Waals surface area contributed by atoms with E-state index in [0.29, 0.717) is 11.1 Å². The Bertz CT molecular complexity index is 954. The molecular weight excluding hydrogens is 394 g/mol. The van der Waals surface area contributed by atoms with Crippen LogP contribution in [-0.4, -0.2) is 39.2 Å². The minimum Gasteiger partial charge on any atom is -0.435 e. The van der Waals surface area contributed by atoms with Crippen molar-refractivity contribution in [2.75, 3.05) is 11.8 Å². The number of anilines is 1. The third kappa shape index (κ3) is 3.53. The number of benzene rings is 2. The summed E-state index contributed by atoms with van der Waals surface area (Å²) in [5.74, 6) is -0.562. The molecule has 0 saturated carbocycles. The molecule has 4 N–H and O–H groups in total. The van der Waals surface area contributed by atoms with Crippen LogP contribution in [0.5, 0.6) is 5.75 Å². The van der Waals surface area contributed by atoms with Gasteiger partial charge in [0.15, 0.2) is 11.5 Å². The molecule has 1 aliphatic rings. The highest BCUT2D eigenvalue weighted by Crippen LogP contribution is 2.40. The number of nitrogens with one attached hydrogen (secondary N) is 1. The normalized spacial score (nSPS) is 20.2. The number of guanidine groups is 1. The van der Waals surface area contributed by atoms with Crippen molar-refractivity contribution < 1.29 is 27.1 Å². The van der Waals surface area contributed by atoms with Crippen LogP contribution in [0.3, 0.4) is 0 Å². The molecule has 0 aliphatic carbocycles. The summed E-state index contributed by atoms with van der Waals surface area (Å²) in [4.78, 5) is 18.6. The van der Waals surface area contributed by atoms with Gasteiger partial charge in [0.2, 0.25) is 0 Å². The Kier molecular flexibility index (Phi) is 5.29. The standard InChI is InChI=1S/C17H16F2N4O4S/c1-23-14(24)17(21-16(23)20,10-5-7-13(8-6-10)27-15(18)19)11-3-2-4-12(9-11)22-28(25)26/h2-9,15,22H,1H3,(H2,20,21)(H,25,26). The monoisotopic (exact) mass is 410 g/mol. The van der Waals surface area contributed by atoms with Gasteiger partial charge in [0.25, 0.3) is 17.2 Å². The van der Waals surface area contributed by atoms with E-state index in [9.17, 15) is 17.8 Å². The van der Waals surface area contributed by atoms with Gasteiger partial charge in [0, 0.05) is 12.7 Å². The SMILES string of the molecule is CN1C(=O)C(c2ccc(OC(F)F)cc2)(c2cccc(NS(=O)O)c2)N=C1N. The Morgan fingerprint density at radius 1 is 1.25 bits per heavy atom. The summed E-state index contributed by atoms with van der Waals surface area (Å²) in [5, 5.41) is 0. The number of hydrogen-bond acceptors (Lipinski definition) is 5. The van der Waals surface area contributed by atoms with Gasteiger partial charge in [-0.15, -0.1) is 0 Å². The largest absolute Gasteiger partial charge is 0.435 e. The number of amides is 1.